The third kappa shape index (κ3) is 22.9. The van der Waals surface area contributed by atoms with E-state index in [1.54, 1.807) is 4.90 Å². The summed E-state index contributed by atoms with van der Waals surface area (Å²) in [6.45, 7) is 5.73. The molecule has 0 rings (SSSR count). The molecule has 0 unspecified atom stereocenters. The van der Waals surface area contributed by atoms with Crippen LogP contribution < -0.4 is 38.9 Å². The van der Waals surface area contributed by atoms with Crippen molar-refractivity contribution < 1.29 is 14.3 Å². The number of amides is 2. The number of aliphatic imine (C=N–C) groups is 4. The summed E-state index contributed by atoms with van der Waals surface area (Å²) in [6.07, 6.45) is 13.3. The van der Waals surface area contributed by atoms with Crippen LogP contribution in [-0.2, 0) is 14.3 Å². The van der Waals surface area contributed by atoms with Crippen molar-refractivity contribution in [3.63, 3.8) is 0 Å². The quantitative estimate of drug-likeness (QED) is 0.0481. The summed E-state index contributed by atoms with van der Waals surface area (Å²) >= 11 is 0. The Morgan fingerprint density at radius 3 is 1.59 bits per heavy atom. The van der Waals surface area contributed by atoms with Crippen LogP contribution in [0.15, 0.2) is 20.0 Å². The molecule has 254 valence electrons. The lowest BCUT2D eigenvalue weighted by atomic mass is 10.1. The van der Waals surface area contributed by atoms with Gasteiger partial charge in [0.1, 0.15) is 6.04 Å². The molecule has 0 saturated carbocycles. The van der Waals surface area contributed by atoms with Crippen LogP contribution in [0.3, 0.4) is 0 Å². The van der Waals surface area contributed by atoms with Crippen molar-refractivity contribution in [2.45, 2.75) is 96.9 Å². The molecular weight excluding hydrogens is 564 g/mol. The van der Waals surface area contributed by atoms with Crippen LogP contribution in [-0.4, -0.2) is 100 Å². The first-order valence-electron chi connectivity index (χ1n) is 15.9. The van der Waals surface area contributed by atoms with Gasteiger partial charge in [-0.3, -0.25) is 40.2 Å². The largest absolute Gasteiger partial charge is 0.379 e. The fourth-order valence-corrected chi connectivity index (χ4v) is 4.24. The van der Waals surface area contributed by atoms with Gasteiger partial charge in [0.15, 0.2) is 23.8 Å². The number of hydrogen-bond donors (Lipinski definition) is 7. The van der Waals surface area contributed by atoms with Crippen LogP contribution >= 0.6 is 0 Å². The van der Waals surface area contributed by atoms with Crippen molar-refractivity contribution in [2.75, 3.05) is 53.5 Å². The summed E-state index contributed by atoms with van der Waals surface area (Å²) in [4.78, 5) is 43.2. The minimum atomic E-state index is -0.803. The van der Waals surface area contributed by atoms with Gasteiger partial charge in [-0.15, -0.1) is 0 Å². The van der Waals surface area contributed by atoms with Gasteiger partial charge in [0.25, 0.3) is 0 Å². The molecule has 0 aromatic carbocycles. The Morgan fingerprint density at radius 1 is 0.705 bits per heavy atom. The number of guanidine groups is 4. The number of unbranched alkanes of at least 4 members (excludes halogenated alkanes) is 9. The van der Waals surface area contributed by atoms with Crippen molar-refractivity contribution in [3.8, 4) is 0 Å². The molecular formula is C29H60N12O3. The van der Waals surface area contributed by atoms with Crippen LogP contribution in [0.25, 0.3) is 0 Å². The summed E-state index contributed by atoms with van der Waals surface area (Å²) in [5.41, 5.74) is 22.9. The van der Waals surface area contributed by atoms with Crippen molar-refractivity contribution in [1.82, 2.24) is 20.9 Å². The number of rotatable bonds is 23. The van der Waals surface area contributed by atoms with Crippen molar-refractivity contribution in [3.05, 3.63) is 0 Å². The number of carbonyl (C=O) groups excluding carboxylic acids is 2. The first kappa shape index (κ1) is 40.4. The molecule has 0 bridgehead atoms. The van der Waals surface area contributed by atoms with Gasteiger partial charge in [0.2, 0.25) is 11.8 Å². The maximum absolute atomic E-state index is 13.6. The van der Waals surface area contributed by atoms with E-state index >= 15 is 0 Å². The molecule has 0 radical (unpaired) electrons. The highest BCUT2D eigenvalue weighted by Crippen LogP contribution is 2.10. The van der Waals surface area contributed by atoms with Crippen LogP contribution in [0.1, 0.15) is 90.9 Å². The zero-order valence-electron chi connectivity index (χ0n) is 27.6. The standard InChI is InChI=1S/C29H60N12O3/c1-5-6-7-8-9-10-11-12-13-14-21-44-22-24(38-23(2)42)25(43)41(19-15-17-36-28(32)39-26(30)34-3)20-16-18-37-29(33)40-27(31)35-4/h24H,5-22H2,1-4H3,(H,38,42)(H5,30,32,34,36,39)(H5,31,33,35,37,40)/t24-/m1/s1. The average Bonchev–Trinajstić information content (AvgIpc) is 2.99. The lowest BCUT2D eigenvalue weighted by Crippen LogP contribution is -2.51. The Morgan fingerprint density at radius 2 is 1.16 bits per heavy atom. The molecule has 0 spiro atoms. The van der Waals surface area contributed by atoms with Gasteiger partial charge in [-0.25, -0.2) is 0 Å². The third-order valence-electron chi connectivity index (χ3n) is 6.64. The predicted octanol–water partition coefficient (Wildman–Crippen LogP) is 0.735. The van der Waals surface area contributed by atoms with Crippen LogP contribution in [0, 0.1) is 0 Å². The molecule has 0 aliphatic rings. The minimum Gasteiger partial charge on any atom is -0.379 e. The van der Waals surface area contributed by atoms with Crippen molar-refractivity contribution in [1.29, 1.82) is 0 Å². The molecule has 0 aromatic heterocycles. The Balaban J connectivity index is 5.00. The Kier molecular flexibility index (Phi) is 24.7. The van der Waals surface area contributed by atoms with E-state index < -0.39 is 6.04 Å². The fourth-order valence-electron chi connectivity index (χ4n) is 4.24. The molecule has 1 atom stereocenters. The van der Waals surface area contributed by atoms with Gasteiger partial charge in [0.05, 0.1) is 6.61 Å². The minimum absolute atomic E-state index is 0.0989. The first-order chi connectivity index (χ1) is 21.1. The molecule has 15 heteroatoms. The summed E-state index contributed by atoms with van der Waals surface area (Å²) in [5, 5.41) is 8.09. The summed E-state index contributed by atoms with van der Waals surface area (Å²) < 4.78 is 5.85. The molecule has 0 aromatic rings. The Hall–Kier alpha value is -3.62. The van der Waals surface area contributed by atoms with E-state index in [0.29, 0.717) is 45.6 Å². The highest BCUT2D eigenvalue weighted by Gasteiger charge is 2.25. The smallest absolute Gasteiger partial charge is 0.247 e. The number of nitrogens with zero attached hydrogens (tertiary/aromatic N) is 5. The molecule has 44 heavy (non-hydrogen) atoms. The van der Waals surface area contributed by atoms with Gasteiger partial charge in [-0.1, -0.05) is 64.7 Å². The zero-order valence-corrected chi connectivity index (χ0v) is 27.6. The van der Waals surface area contributed by atoms with Gasteiger partial charge in [0, 0.05) is 53.8 Å². The topological polar surface area (TPSA) is 236 Å². The van der Waals surface area contributed by atoms with Crippen molar-refractivity contribution in [2.24, 2.45) is 42.9 Å². The molecule has 2 amide bonds. The molecule has 0 heterocycles. The van der Waals surface area contributed by atoms with E-state index in [1.165, 1.54) is 72.4 Å². The van der Waals surface area contributed by atoms with Crippen LogP contribution in [0.2, 0.25) is 0 Å². The van der Waals surface area contributed by atoms with Gasteiger partial charge >= 0.3 is 0 Å². The van der Waals surface area contributed by atoms with Crippen LogP contribution in [0.5, 0.6) is 0 Å². The van der Waals surface area contributed by atoms with E-state index in [4.69, 9.17) is 27.7 Å². The molecule has 0 fully saturated rings. The number of carbonyl (C=O) groups is 2. The second-order valence-corrected chi connectivity index (χ2v) is 10.5. The Bertz CT molecular complexity index is 866. The van der Waals surface area contributed by atoms with E-state index in [-0.39, 0.29) is 42.3 Å². The normalized spacial score (nSPS) is 13.5. The molecule has 15 nitrogen and oxygen atoms in total. The summed E-state index contributed by atoms with van der Waals surface area (Å²) in [6, 6.07) is -0.803. The van der Waals surface area contributed by atoms with E-state index in [0.717, 1.165) is 12.8 Å². The highest BCUT2D eigenvalue weighted by atomic mass is 16.5. The van der Waals surface area contributed by atoms with Crippen molar-refractivity contribution >= 4 is 35.7 Å². The SMILES string of the molecule is CCCCCCCCCCCCOC[C@@H](NC(C)=O)C(=O)N(CCCN=C(N)NC(N)=NC)CCCN=C(N)NC(N)=NC. The number of nitrogens with one attached hydrogen (secondary N) is 3. The molecule has 0 aliphatic carbocycles. The van der Waals surface area contributed by atoms with Crippen LogP contribution in [0.4, 0.5) is 0 Å². The number of hydrogen-bond acceptors (Lipinski definition) is 7. The van der Waals surface area contributed by atoms with E-state index in [2.05, 4.69) is 42.8 Å². The lowest BCUT2D eigenvalue weighted by Gasteiger charge is -2.27. The Labute approximate surface area is 264 Å². The fraction of sp³-hybridized carbons (Fsp3) is 0.793. The number of nitrogens with two attached hydrogens (primary N) is 4. The highest BCUT2D eigenvalue weighted by molar-refractivity contribution is 5.97. The second-order valence-electron chi connectivity index (χ2n) is 10.5. The summed E-state index contributed by atoms with van der Waals surface area (Å²) in [7, 11) is 3.07. The molecule has 0 saturated heterocycles. The second kappa shape index (κ2) is 27.0. The zero-order chi connectivity index (χ0) is 33.0. The molecule has 0 aliphatic heterocycles. The van der Waals surface area contributed by atoms with Gasteiger partial charge in [-0.2, -0.15) is 0 Å². The van der Waals surface area contributed by atoms with Gasteiger partial charge in [-0.05, 0) is 19.3 Å². The maximum Gasteiger partial charge on any atom is 0.247 e. The monoisotopic (exact) mass is 624 g/mol. The average molecular weight is 625 g/mol. The van der Waals surface area contributed by atoms with Gasteiger partial charge < -0.3 is 37.9 Å². The first-order valence-corrected chi connectivity index (χ1v) is 15.9. The predicted molar refractivity (Wildman–Crippen MR) is 180 cm³/mol. The van der Waals surface area contributed by atoms with E-state index in [1.807, 2.05) is 0 Å². The third-order valence-corrected chi connectivity index (χ3v) is 6.64. The number of ether oxygens (including phenoxy) is 1. The summed E-state index contributed by atoms with van der Waals surface area (Å²) in [5.74, 6) is 0.0335. The molecule has 11 N–H and O–H groups in total. The lowest BCUT2D eigenvalue weighted by molar-refractivity contribution is -0.138. The van der Waals surface area contributed by atoms with E-state index in [9.17, 15) is 9.59 Å². The maximum atomic E-state index is 13.6.